The van der Waals surface area contributed by atoms with E-state index in [1.807, 2.05) is 12.1 Å². The molecule has 0 amide bonds. The van der Waals surface area contributed by atoms with Crippen molar-refractivity contribution in [2.75, 3.05) is 6.54 Å². The summed E-state index contributed by atoms with van der Waals surface area (Å²) >= 11 is 0. The molecule has 1 fully saturated rings. The van der Waals surface area contributed by atoms with Crippen LogP contribution >= 0.6 is 0 Å². The average molecular weight is 221 g/mol. The van der Waals surface area contributed by atoms with Crippen LogP contribution in [0.5, 0.6) is 5.75 Å². The Morgan fingerprint density at radius 2 is 2.25 bits per heavy atom. The molecule has 1 aromatic carbocycles. The number of hydrogen-bond donors (Lipinski definition) is 2. The Morgan fingerprint density at radius 1 is 1.38 bits per heavy atom. The monoisotopic (exact) mass is 221 g/mol. The smallest absolute Gasteiger partial charge is 0.115 e. The molecule has 0 aliphatic heterocycles. The number of phenolic OH excluding ortho intramolecular Hbond substituents is 1. The Kier molecular flexibility index (Phi) is 3.80. The van der Waals surface area contributed by atoms with Gasteiger partial charge in [0.1, 0.15) is 5.75 Å². The first kappa shape index (κ1) is 11.4. The molecule has 1 aliphatic rings. The van der Waals surface area contributed by atoms with Gasteiger partial charge in [-0.2, -0.15) is 0 Å². The molecule has 0 heterocycles. The van der Waals surface area contributed by atoms with Gasteiger partial charge in [-0.1, -0.05) is 18.6 Å². The van der Waals surface area contributed by atoms with Gasteiger partial charge in [0.2, 0.25) is 0 Å². The van der Waals surface area contributed by atoms with E-state index in [1.54, 1.807) is 12.1 Å². The molecule has 2 atom stereocenters. The maximum Gasteiger partial charge on any atom is 0.115 e. The summed E-state index contributed by atoms with van der Waals surface area (Å²) in [5.41, 5.74) is 6.71. The van der Waals surface area contributed by atoms with Gasteiger partial charge in [-0.25, -0.2) is 0 Å². The van der Waals surface area contributed by atoms with Crippen molar-refractivity contribution in [3.8, 4) is 5.75 Å². The zero-order valence-corrected chi connectivity index (χ0v) is 9.43. The topological polar surface area (TPSA) is 55.5 Å². The molecule has 3 N–H and O–H groups in total. The third-order valence-electron chi connectivity index (χ3n) is 3.27. The van der Waals surface area contributed by atoms with Gasteiger partial charge in [-0.15, -0.1) is 0 Å². The van der Waals surface area contributed by atoms with Gasteiger partial charge >= 0.3 is 0 Å². The number of nitrogens with two attached hydrogens (primary N) is 1. The van der Waals surface area contributed by atoms with E-state index in [4.69, 9.17) is 10.5 Å². The van der Waals surface area contributed by atoms with E-state index in [2.05, 4.69) is 0 Å². The van der Waals surface area contributed by atoms with Crippen molar-refractivity contribution in [1.82, 2.24) is 0 Å². The van der Waals surface area contributed by atoms with Gasteiger partial charge in [-0.3, -0.25) is 0 Å². The van der Waals surface area contributed by atoms with Crippen molar-refractivity contribution in [3.63, 3.8) is 0 Å². The number of benzene rings is 1. The minimum absolute atomic E-state index is 0.294. The fraction of sp³-hybridized carbons (Fsp3) is 0.538. The lowest BCUT2D eigenvalue weighted by Crippen LogP contribution is -2.25. The molecule has 1 aliphatic carbocycles. The van der Waals surface area contributed by atoms with Crippen LogP contribution in [0.2, 0.25) is 0 Å². The Hall–Kier alpha value is -1.06. The van der Waals surface area contributed by atoms with E-state index in [-0.39, 0.29) is 0 Å². The van der Waals surface area contributed by atoms with E-state index < -0.39 is 0 Å². The first-order chi connectivity index (χ1) is 7.79. The standard InChI is InChI=1S/C13H19NO2/c14-8-11-4-2-6-13(11)16-9-10-3-1-5-12(15)7-10/h1,3,5,7,11,13,15H,2,4,6,8-9,14H2. The fourth-order valence-corrected chi connectivity index (χ4v) is 2.34. The molecule has 0 spiro atoms. The molecule has 88 valence electrons. The zero-order chi connectivity index (χ0) is 11.4. The number of ether oxygens (including phenoxy) is 1. The summed E-state index contributed by atoms with van der Waals surface area (Å²) in [6.45, 7) is 1.28. The van der Waals surface area contributed by atoms with Crippen LogP contribution in [-0.2, 0) is 11.3 Å². The highest BCUT2D eigenvalue weighted by Gasteiger charge is 2.26. The predicted octanol–water partition coefficient (Wildman–Crippen LogP) is 2.04. The van der Waals surface area contributed by atoms with Gasteiger partial charge in [0.05, 0.1) is 12.7 Å². The largest absolute Gasteiger partial charge is 0.508 e. The molecule has 0 saturated heterocycles. The summed E-state index contributed by atoms with van der Waals surface area (Å²) in [5, 5.41) is 9.33. The SMILES string of the molecule is NCC1CCCC1OCc1cccc(O)c1. The predicted molar refractivity (Wildman–Crippen MR) is 63.1 cm³/mol. The summed E-state index contributed by atoms with van der Waals surface area (Å²) < 4.78 is 5.86. The lowest BCUT2D eigenvalue weighted by Gasteiger charge is -2.18. The highest BCUT2D eigenvalue weighted by Crippen LogP contribution is 2.28. The molecule has 2 rings (SSSR count). The molecular weight excluding hydrogens is 202 g/mol. The quantitative estimate of drug-likeness (QED) is 0.818. The lowest BCUT2D eigenvalue weighted by atomic mass is 10.1. The summed E-state index contributed by atoms with van der Waals surface area (Å²) in [7, 11) is 0. The summed E-state index contributed by atoms with van der Waals surface area (Å²) in [6, 6.07) is 7.21. The first-order valence-corrected chi connectivity index (χ1v) is 5.89. The van der Waals surface area contributed by atoms with E-state index in [0.717, 1.165) is 12.0 Å². The molecule has 0 radical (unpaired) electrons. The van der Waals surface area contributed by atoms with Gasteiger partial charge < -0.3 is 15.6 Å². The van der Waals surface area contributed by atoms with Crippen LogP contribution in [0.25, 0.3) is 0 Å². The van der Waals surface area contributed by atoms with Crippen molar-refractivity contribution in [2.24, 2.45) is 11.7 Å². The normalized spacial score (nSPS) is 24.8. The summed E-state index contributed by atoms with van der Waals surface area (Å²) in [5.74, 6) is 0.806. The third-order valence-corrected chi connectivity index (χ3v) is 3.27. The molecule has 3 nitrogen and oxygen atoms in total. The fourth-order valence-electron chi connectivity index (χ4n) is 2.34. The maximum atomic E-state index is 9.33. The van der Waals surface area contributed by atoms with Crippen molar-refractivity contribution in [3.05, 3.63) is 29.8 Å². The summed E-state index contributed by atoms with van der Waals surface area (Å²) in [6.07, 6.45) is 3.81. The number of rotatable bonds is 4. The number of aromatic hydroxyl groups is 1. The van der Waals surface area contributed by atoms with E-state index in [1.165, 1.54) is 12.8 Å². The lowest BCUT2D eigenvalue weighted by molar-refractivity contribution is 0.0182. The van der Waals surface area contributed by atoms with Crippen LogP contribution in [0.4, 0.5) is 0 Å². The van der Waals surface area contributed by atoms with Crippen molar-refractivity contribution in [2.45, 2.75) is 32.0 Å². The average Bonchev–Trinajstić information content (AvgIpc) is 2.74. The van der Waals surface area contributed by atoms with Gasteiger partial charge in [-0.05, 0) is 43.0 Å². The van der Waals surface area contributed by atoms with Crippen LogP contribution in [0.15, 0.2) is 24.3 Å². The third kappa shape index (κ3) is 2.74. The zero-order valence-electron chi connectivity index (χ0n) is 9.43. The molecule has 1 aromatic rings. The highest BCUT2D eigenvalue weighted by atomic mass is 16.5. The molecule has 0 aromatic heterocycles. The van der Waals surface area contributed by atoms with Crippen LogP contribution in [0, 0.1) is 5.92 Å². The first-order valence-electron chi connectivity index (χ1n) is 5.89. The second-order valence-corrected chi connectivity index (χ2v) is 4.45. The van der Waals surface area contributed by atoms with Crippen molar-refractivity contribution >= 4 is 0 Å². The summed E-state index contributed by atoms with van der Waals surface area (Å²) in [4.78, 5) is 0. The van der Waals surface area contributed by atoms with Crippen LogP contribution in [0.1, 0.15) is 24.8 Å². The molecule has 2 unspecified atom stereocenters. The van der Waals surface area contributed by atoms with E-state index in [9.17, 15) is 5.11 Å². The van der Waals surface area contributed by atoms with Gasteiger partial charge in [0.25, 0.3) is 0 Å². The minimum Gasteiger partial charge on any atom is -0.508 e. The second kappa shape index (κ2) is 5.32. The molecular formula is C13H19NO2. The van der Waals surface area contributed by atoms with E-state index >= 15 is 0 Å². The van der Waals surface area contributed by atoms with Crippen LogP contribution in [0.3, 0.4) is 0 Å². The Labute approximate surface area is 96.2 Å². The Morgan fingerprint density at radius 3 is 3.00 bits per heavy atom. The number of hydrogen-bond acceptors (Lipinski definition) is 3. The maximum absolute atomic E-state index is 9.33. The molecule has 16 heavy (non-hydrogen) atoms. The highest BCUT2D eigenvalue weighted by molar-refractivity contribution is 5.26. The second-order valence-electron chi connectivity index (χ2n) is 4.45. The number of phenols is 1. The van der Waals surface area contributed by atoms with Gasteiger partial charge in [0.15, 0.2) is 0 Å². The van der Waals surface area contributed by atoms with Crippen molar-refractivity contribution < 1.29 is 9.84 Å². The minimum atomic E-state index is 0.294. The van der Waals surface area contributed by atoms with Gasteiger partial charge in [0, 0.05) is 0 Å². The molecule has 0 bridgehead atoms. The molecule has 3 heteroatoms. The van der Waals surface area contributed by atoms with Crippen LogP contribution in [-0.4, -0.2) is 17.8 Å². The van der Waals surface area contributed by atoms with Crippen LogP contribution < -0.4 is 5.73 Å². The Bertz CT molecular complexity index is 340. The van der Waals surface area contributed by atoms with E-state index in [0.29, 0.717) is 30.9 Å². The molecule has 1 saturated carbocycles. The Balaban J connectivity index is 1.87. The van der Waals surface area contributed by atoms with Crippen molar-refractivity contribution in [1.29, 1.82) is 0 Å².